The van der Waals surface area contributed by atoms with Crippen LogP contribution in [0.1, 0.15) is 51.4 Å². The summed E-state index contributed by atoms with van der Waals surface area (Å²) in [6.45, 7) is 10.6. The fourth-order valence-electron chi connectivity index (χ4n) is 3.57. The van der Waals surface area contributed by atoms with Crippen LogP contribution in [-0.4, -0.2) is 46.8 Å². The lowest BCUT2D eigenvalue weighted by atomic mass is 9.82. The highest BCUT2D eigenvalue weighted by atomic mass is 35.5. The summed E-state index contributed by atoms with van der Waals surface area (Å²) in [6, 6.07) is 2.16. The van der Waals surface area contributed by atoms with Crippen LogP contribution in [0.15, 0.2) is 12.1 Å². The monoisotopic (exact) mass is 414 g/mol. The molecule has 0 bridgehead atoms. The molecule has 0 spiro atoms. The molecule has 6 nitrogen and oxygen atoms in total. The number of rotatable bonds is 4. The van der Waals surface area contributed by atoms with E-state index in [1.807, 2.05) is 27.7 Å². The molecule has 0 unspecified atom stereocenters. The molecule has 2 rings (SSSR count). The van der Waals surface area contributed by atoms with Crippen molar-refractivity contribution < 1.29 is 23.8 Å². The number of benzene rings is 1. The van der Waals surface area contributed by atoms with Crippen LogP contribution in [0.3, 0.4) is 0 Å². The van der Waals surface area contributed by atoms with Crippen molar-refractivity contribution in [2.45, 2.75) is 52.7 Å². The molecule has 1 aliphatic rings. The van der Waals surface area contributed by atoms with E-state index >= 15 is 0 Å². The minimum absolute atomic E-state index is 0.0864. The largest absolute Gasteiger partial charge is 0.478 e. The van der Waals surface area contributed by atoms with E-state index in [0.717, 1.165) is 12.5 Å². The number of anilines is 1. The Kier molecular flexibility index (Phi) is 6.80. The van der Waals surface area contributed by atoms with E-state index in [2.05, 4.69) is 12.2 Å². The number of amides is 1. The third kappa shape index (κ3) is 5.50. The molecule has 0 radical (unpaired) electrons. The van der Waals surface area contributed by atoms with Crippen LogP contribution in [0, 0.1) is 17.7 Å². The number of nitrogens with one attached hydrogen (secondary N) is 1. The predicted octanol–water partition coefficient (Wildman–Crippen LogP) is 4.87. The fraction of sp³-hybridized carbons (Fsp3) is 0.600. The van der Waals surface area contributed by atoms with E-state index in [1.165, 1.54) is 6.07 Å². The van der Waals surface area contributed by atoms with E-state index in [9.17, 15) is 14.0 Å². The standard InChI is InChI=1S/C20H28ClFN2O4/c1-11-10-24(19(27)28-20(3,4)5)7-6-14(11)12(2)23-16-9-13(18(25)26)8-15(22)17(16)21/h8-9,11-12,14,23H,6-7,10H2,1-5H3,(H,25,26)/t11-,12+,14+/m1/s1. The Morgan fingerprint density at radius 1 is 1.39 bits per heavy atom. The number of carbonyl (C=O) groups is 2. The summed E-state index contributed by atoms with van der Waals surface area (Å²) in [5.41, 5.74) is -0.445. The van der Waals surface area contributed by atoms with Crippen molar-refractivity contribution >= 4 is 29.4 Å². The van der Waals surface area contributed by atoms with Gasteiger partial charge >= 0.3 is 12.1 Å². The molecule has 3 atom stereocenters. The Balaban J connectivity index is 2.06. The molecule has 1 aromatic rings. The van der Waals surface area contributed by atoms with Gasteiger partial charge in [-0.25, -0.2) is 14.0 Å². The topological polar surface area (TPSA) is 78.9 Å². The van der Waals surface area contributed by atoms with Gasteiger partial charge in [-0.2, -0.15) is 0 Å². The third-order valence-corrected chi connectivity index (χ3v) is 5.31. The number of carbonyl (C=O) groups excluding carboxylic acids is 1. The molecule has 156 valence electrons. The highest BCUT2D eigenvalue weighted by Gasteiger charge is 2.34. The number of carboxylic acids is 1. The molecular weight excluding hydrogens is 387 g/mol. The Morgan fingerprint density at radius 3 is 2.57 bits per heavy atom. The predicted molar refractivity (Wildman–Crippen MR) is 107 cm³/mol. The lowest BCUT2D eigenvalue weighted by Gasteiger charge is -2.40. The molecule has 1 aromatic carbocycles. The summed E-state index contributed by atoms with van der Waals surface area (Å²) in [4.78, 5) is 25.2. The summed E-state index contributed by atoms with van der Waals surface area (Å²) in [5.74, 6) is -1.62. The van der Waals surface area contributed by atoms with Crippen molar-refractivity contribution in [3.05, 3.63) is 28.5 Å². The van der Waals surface area contributed by atoms with Crippen molar-refractivity contribution in [1.82, 2.24) is 4.90 Å². The zero-order chi connectivity index (χ0) is 21.2. The minimum Gasteiger partial charge on any atom is -0.478 e. The first-order valence-electron chi connectivity index (χ1n) is 9.36. The van der Waals surface area contributed by atoms with Gasteiger partial charge in [0.15, 0.2) is 0 Å². The molecule has 0 saturated carbocycles. The normalized spacial score (nSPS) is 21.2. The summed E-state index contributed by atoms with van der Waals surface area (Å²) >= 11 is 6.02. The lowest BCUT2D eigenvalue weighted by Crippen LogP contribution is -2.48. The molecule has 1 amide bonds. The number of aromatic carboxylic acids is 1. The van der Waals surface area contributed by atoms with Gasteiger partial charge in [0.25, 0.3) is 0 Å². The van der Waals surface area contributed by atoms with Crippen molar-refractivity contribution in [2.24, 2.45) is 11.8 Å². The van der Waals surface area contributed by atoms with Gasteiger partial charge in [-0.15, -0.1) is 0 Å². The van der Waals surface area contributed by atoms with Crippen LogP contribution in [-0.2, 0) is 4.74 Å². The number of nitrogens with zero attached hydrogens (tertiary/aromatic N) is 1. The van der Waals surface area contributed by atoms with E-state index in [-0.39, 0.29) is 40.2 Å². The highest BCUT2D eigenvalue weighted by Crippen LogP contribution is 2.32. The smallest absolute Gasteiger partial charge is 0.410 e. The maximum absolute atomic E-state index is 14.0. The van der Waals surface area contributed by atoms with Crippen LogP contribution in [0.25, 0.3) is 0 Å². The van der Waals surface area contributed by atoms with Gasteiger partial charge in [0.2, 0.25) is 0 Å². The average Bonchev–Trinajstić information content (AvgIpc) is 2.56. The van der Waals surface area contributed by atoms with E-state index in [4.69, 9.17) is 21.4 Å². The summed E-state index contributed by atoms with van der Waals surface area (Å²) in [6.07, 6.45) is 0.422. The summed E-state index contributed by atoms with van der Waals surface area (Å²) < 4.78 is 19.4. The molecule has 1 heterocycles. The first-order chi connectivity index (χ1) is 12.9. The molecular formula is C20H28ClFN2O4. The van der Waals surface area contributed by atoms with Crippen LogP contribution in [0.4, 0.5) is 14.9 Å². The molecule has 2 N–H and O–H groups in total. The first-order valence-corrected chi connectivity index (χ1v) is 9.73. The molecule has 28 heavy (non-hydrogen) atoms. The Hall–Kier alpha value is -2.02. The fourth-order valence-corrected chi connectivity index (χ4v) is 3.73. The van der Waals surface area contributed by atoms with Crippen molar-refractivity contribution in [2.75, 3.05) is 18.4 Å². The second-order valence-electron chi connectivity index (χ2n) is 8.41. The zero-order valence-corrected chi connectivity index (χ0v) is 17.6. The zero-order valence-electron chi connectivity index (χ0n) is 16.9. The van der Waals surface area contributed by atoms with Gasteiger partial charge in [0.1, 0.15) is 11.4 Å². The van der Waals surface area contributed by atoms with Gasteiger partial charge < -0.3 is 20.1 Å². The summed E-state index contributed by atoms with van der Waals surface area (Å²) in [5, 5.41) is 12.2. The van der Waals surface area contributed by atoms with Gasteiger partial charge in [-0.1, -0.05) is 18.5 Å². The number of hydrogen-bond donors (Lipinski definition) is 2. The molecule has 1 fully saturated rings. The molecule has 1 saturated heterocycles. The average molecular weight is 415 g/mol. The first kappa shape index (κ1) is 22.3. The van der Waals surface area contributed by atoms with E-state index in [0.29, 0.717) is 13.1 Å². The molecule has 1 aliphatic heterocycles. The van der Waals surface area contributed by atoms with Gasteiger partial charge in [-0.05, 0) is 58.1 Å². The third-order valence-electron chi connectivity index (χ3n) is 4.92. The van der Waals surface area contributed by atoms with Crippen molar-refractivity contribution in [3.63, 3.8) is 0 Å². The number of piperidine rings is 1. The second kappa shape index (κ2) is 8.55. The van der Waals surface area contributed by atoms with Gasteiger partial charge in [0.05, 0.1) is 16.3 Å². The second-order valence-corrected chi connectivity index (χ2v) is 8.79. The van der Waals surface area contributed by atoms with Gasteiger partial charge in [-0.3, -0.25) is 0 Å². The lowest BCUT2D eigenvalue weighted by molar-refractivity contribution is 0.0107. The van der Waals surface area contributed by atoms with Crippen LogP contribution in [0.5, 0.6) is 0 Å². The molecule has 0 aromatic heterocycles. The number of carboxylic acid groups (broad SMARTS) is 1. The molecule has 8 heteroatoms. The van der Waals surface area contributed by atoms with Crippen LogP contribution >= 0.6 is 11.6 Å². The van der Waals surface area contributed by atoms with Gasteiger partial charge in [0, 0.05) is 19.1 Å². The van der Waals surface area contributed by atoms with Crippen LogP contribution in [0.2, 0.25) is 5.02 Å². The minimum atomic E-state index is -1.22. The quantitative estimate of drug-likeness (QED) is 0.734. The van der Waals surface area contributed by atoms with E-state index in [1.54, 1.807) is 4.90 Å². The Bertz CT molecular complexity index is 750. The highest BCUT2D eigenvalue weighted by molar-refractivity contribution is 6.33. The maximum atomic E-state index is 14.0. The van der Waals surface area contributed by atoms with Crippen molar-refractivity contribution in [1.29, 1.82) is 0 Å². The number of likely N-dealkylation sites (tertiary alicyclic amines) is 1. The summed E-state index contributed by atoms with van der Waals surface area (Å²) in [7, 11) is 0. The number of halogens is 2. The Morgan fingerprint density at radius 2 is 2.04 bits per heavy atom. The SMILES string of the molecule is C[C@@H]1CN(C(=O)OC(C)(C)C)CC[C@@H]1[C@H](C)Nc1cc(C(=O)O)cc(F)c1Cl. The maximum Gasteiger partial charge on any atom is 0.410 e. The number of hydrogen-bond acceptors (Lipinski definition) is 4. The number of ether oxygens (including phenoxy) is 1. The van der Waals surface area contributed by atoms with Crippen molar-refractivity contribution in [3.8, 4) is 0 Å². The molecule has 0 aliphatic carbocycles. The Labute approximate surface area is 170 Å². The van der Waals surface area contributed by atoms with Crippen LogP contribution < -0.4 is 5.32 Å². The van der Waals surface area contributed by atoms with E-state index < -0.39 is 17.4 Å².